The number of aromatic nitrogens is 1. The Morgan fingerprint density at radius 3 is 2.78 bits per heavy atom. The summed E-state index contributed by atoms with van der Waals surface area (Å²) in [4.78, 5) is 15.7. The van der Waals surface area contributed by atoms with Crippen molar-refractivity contribution in [1.82, 2.24) is 4.98 Å². The van der Waals surface area contributed by atoms with Gasteiger partial charge in [-0.25, -0.2) is 4.98 Å². The molecule has 0 radical (unpaired) electrons. The molecule has 0 saturated heterocycles. The minimum atomic E-state index is -0.740. The third kappa shape index (κ3) is 1.56. The molecule has 2 unspecified atom stereocenters. The van der Waals surface area contributed by atoms with Crippen LogP contribution in [0.15, 0.2) is 18.2 Å². The van der Waals surface area contributed by atoms with Crippen molar-refractivity contribution in [3.8, 4) is 0 Å². The summed E-state index contributed by atoms with van der Waals surface area (Å²) in [7, 11) is 0. The van der Waals surface area contributed by atoms with Crippen molar-refractivity contribution in [2.24, 2.45) is 11.3 Å². The monoisotopic (exact) mass is 281 g/mol. The molecule has 18 heavy (non-hydrogen) atoms. The quantitative estimate of drug-likeness (QED) is 0.911. The first-order valence-electron chi connectivity index (χ1n) is 5.70. The summed E-state index contributed by atoms with van der Waals surface area (Å²) in [6.07, 6.45) is 0. The Labute approximate surface area is 113 Å². The van der Waals surface area contributed by atoms with E-state index in [4.69, 9.17) is 11.6 Å². The smallest absolute Gasteiger partial charge is 0.307 e. The first-order valence-corrected chi connectivity index (χ1v) is 6.90. The minimum absolute atomic E-state index is 0.00321. The highest BCUT2D eigenvalue weighted by molar-refractivity contribution is 7.19. The molecule has 1 aliphatic carbocycles. The third-order valence-electron chi connectivity index (χ3n) is 3.74. The summed E-state index contributed by atoms with van der Waals surface area (Å²) in [6.45, 7) is 3.95. The van der Waals surface area contributed by atoms with Gasteiger partial charge in [-0.15, -0.1) is 11.3 Å². The van der Waals surface area contributed by atoms with E-state index in [0.29, 0.717) is 5.02 Å². The average Bonchev–Trinajstić information content (AvgIpc) is 2.68. The molecular formula is C13H12ClNO2S. The van der Waals surface area contributed by atoms with Gasteiger partial charge in [0, 0.05) is 5.92 Å². The molecule has 1 saturated carbocycles. The zero-order valence-corrected chi connectivity index (χ0v) is 11.5. The van der Waals surface area contributed by atoms with Crippen molar-refractivity contribution < 1.29 is 9.90 Å². The Morgan fingerprint density at radius 1 is 1.50 bits per heavy atom. The number of benzene rings is 1. The normalized spacial score (nSPS) is 25.3. The second kappa shape index (κ2) is 3.68. The van der Waals surface area contributed by atoms with Crippen LogP contribution in [0.3, 0.4) is 0 Å². The Bertz CT molecular complexity index is 649. The molecule has 3 rings (SSSR count). The van der Waals surface area contributed by atoms with E-state index in [2.05, 4.69) is 4.98 Å². The van der Waals surface area contributed by atoms with Gasteiger partial charge in [-0.2, -0.15) is 0 Å². The second-order valence-corrected chi connectivity index (χ2v) is 6.69. The van der Waals surface area contributed by atoms with E-state index in [-0.39, 0.29) is 17.3 Å². The number of carbonyl (C=O) groups is 1. The molecule has 94 valence electrons. The number of nitrogens with zero attached hydrogens (tertiary/aromatic N) is 1. The molecule has 2 aromatic rings. The number of aliphatic carboxylic acids is 1. The van der Waals surface area contributed by atoms with Crippen molar-refractivity contribution in [2.75, 3.05) is 0 Å². The molecule has 0 bridgehead atoms. The number of carboxylic acids is 1. The molecule has 2 atom stereocenters. The number of halogens is 1. The maximum Gasteiger partial charge on any atom is 0.307 e. The molecule has 3 nitrogen and oxygen atoms in total. The van der Waals surface area contributed by atoms with E-state index in [0.717, 1.165) is 15.2 Å². The van der Waals surface area contributed by atoms with E-state index < -0.39 is 5.97 Å². The van der Waals surface area contributed by atoms with Crippen molar-refractivity contribution in [3.05, 3.63) is 28.2 Å². The lowest BCUT2D eigenvalue weighted by molar-refractivity contribution is -0.139. The van der Waals surface area contributed by atoms with Crippen molar-refractivity contribution >= 4 is 39.1 Å². The highest BCUT2D eigenvalue weighted by Gasteiger charge is 2.64. The summed E-state index contributed by atoms with van der Waals surface area (Å²) >= 11 is 7.63. The van der Waals surface area contributed by atoms with Crippen LogP contribution in [0.25, 0.3) is 10.2 Å². The van der Waals surface area contributed by atoms with Gasteiger partial charge in [0.2, 0.25) is 0 Å². The number of carboxylic acid groups (broad SMARTS) is 1. The summed E-state index contributed by atoms with van der Waals surface area (Å²) < 4.78 is 0.945. The molecule has 1 aromatic carbocycles. The molecular weight excluding hydrogens is 270 g/mol. The van der Waals surface area contributed by atoms with Crippen LogP contribution in [-0.4, -0.2) is 16.1 Å². The summed E-state index contributed by atoms with van der Waals surface area (Å²) in [5.74, 6) is -1.07. The van der Waals surface area contributed by atoms with Crippen molar-refractivity contribution in [1.29, 1.82) is 0 Å². The SMILES string of the molecule is CC1(C)C(C(=O)O)C1c1nc2cccc(Cl)c2s1. The number of fused-ring (bicyclic) bond motifs is 1. The molecule has 0 spiro atoms. The summed E-state index contributed by atoms with van der Waals surface area (Å²) in [6, 6.07) is 5.60. The fraction of sp³-hybridized carbons (Fsp3) is 0.385. The zero-order chi connectivity index (χ0) is 13.1. The lowest BCUT2D eigenvalue weighted by Gasteiger charge is -1.97. The Morgan fingerprint density at radius 2 is 2.22 bits per heavy atom. The standard InChI is InChI=1S/C13H12ClNO2S/c1-13(2)8(9(13)12(16)17)11-15-7-5-3-4-6(14)10(7)18-11/h3-5,8-9H,1-2H3,(H,16,17). The molecule has 1 heterocycles. The molecule has 1 aromatic heterocycles. The van der Waals surface area contributed by atoms with Crippen LogP contribution < -0.4 is 0 Å². The molecule has 0 aliphatic heterocycles. The maximum atomic E-state index is 11.2. The first kappa shape index (κ1) is 11.9. The van der Waals surface area contributed by atoms with E-state index >= 15 is 0 Å². The minimum Gasteiger partial charge on any atom is -0.481 e. The summed E-state index contributed by atoms with van der Waals surface area (Å²) in [5, 5.41) is 10.8. The predicted octanol–water partition coefficient (Wildman–Crippen LogP) is 3.77. The van der Waals surface area contributed by atoms with Gasteiger partial charge in [0.1, 0.15) is 0 Å². The van der Waals surface area contributed by atoms with E-state index in [1.807, 2.05) is 32.0 Å². The first-order chi connectivity index (χ1) is 8.43. The van der Waals surface area contributed by atoms with E-state index in [1.54, 1.807) is 0 Å². The van der Waals surface area contributed by atoms with Crippen LogP contribution in [0.4, 0.5) is 0 Å². The molecule has 1 aliphatic rings. The Kier molecular flexibility index (Phi) is 2.44. The number of hydrogen-bond acceptors (Lipinski definition) is 3. The molecule has 0 amide bonds. The fourth-order valence-electron chi connectivity index (χ4n) is 2.63. The predicted molar refractivity (Wildman–Crippen MR) is 72.3 cm³/mol. The Balaban J connectivity index is 2.07. The van der Waals surface area contributed by atoms with Gasteiger partial charge in [0.15, 0.2) is 0 Å². The van der Waals surface area contributed by atoms with Gasteiger partial charge >= 0.3 is 5.97 Å². The van der Waals surface area contributed by atoms with Gasteiger partial charge < -0.3 is 5.11 Å². The van der Waals surface area contributed by atoms with Crippen LogP contribution in [0, 0.1) is 11.3 Å². The van der Waals surface area contributed by atoms with Crippen molar-refractivity contribution in [3.63, 3.8) is 0 Å². The zero-order valence-electron chi connectivity index (χ0n) is 9.98. The molecule has 1 fully saturated rings. The summed E-state index contributed by atoms with van der Waals surface area (Å²) in [5.41, 5.74) is 0.640. The second-order valence-electron chi connectivity index (χ2n) is 5.26. The third-order valence-corrected chi connectivity index (χ3v) is 5.36. The number of rotatable bonds is 2. The largest absolute Gasteiger partial charge is 0.481 e. The van der Waals surface area contributed by atoms with E-state index in [9.17, 15) is 9.90 Å². The lowest BCUT2D eigenvalue weighted by atomic mass is 10.1. The number of hydrogen-bond donors (Lipinski definition) is 1. The van der Waals surface area contributed by atoms with Crippen LogP contribution in [0.5, 0.6) is 0 Å². The highest BCUT2D eigenvalue weighted by Crippen LogP contribution is 2.65. The van der Waals surface area contributed by atoms with Gasteiger partial charge in [-0.1, -0.05) is 31.5 Å². The van der Waals surface area contributed by atoms with Gasteiger partial charge in [-0.3, -0.25) is 4.79 Å². The molecule has 1 N–H and O–H groups in total. The van der Waals surface area contributed by atoms with Gasteiger partial charge in [-0.05, 0) is 17.5 Å². The highest BCUT2D eigenvalue weighted by atomic mass is 35.5. The van der Waals surface area contributed by atoms with Crippen LogP contribution >= 0.6 is 22.9 Å². The van der Waals surface area contributed by atoms with Crippen LogP contribution in [-0.2, 0) is 4.79 Å². The van der Waals surface area contributed by atoms with Crippen LogP contribution in [0.2, 0.25) is 5.02 Å². The van der Waals surface area contributed by atoms with E-state index in [1.165, 1.54) is 11.3 Å². The molecule has 5 heteroatoms. The lowest BCUT2D eigenvalue weighted by Crippen LogP contribution is -2.03. The Hall–Kier alpha value is -1.13. The maximum absolute atomic E-state index is 11.2. The van der Waals surface area contributed by atoms with Gasteiger partial charge in [0.05, 0.1) is 26.2 Å². The topological polar surface area (TPSA) is 50.2 Å². The van der Waals surface area contributed by atoms with Crippen LogP contribution in [0.1, 0.15) is 24.8 Å². The average molecular weight is 282 g/mol. The number of thiazole rings is 1. The van der Waals surface area contributed by atoms with Crippen molar-refractivity contribution in [2.45, 2.75) is 19.8 Å². The van der Waals surface area contributed by atoms with Gasteiger partial charge in [0.25, 0.3) is 0 Å². The fourth-order valence-corrected chi connectivity index (χ4v) is 4.21.